The largest absolute Gasteiger partial charge is 0.465 e. The van der Waals surface area contributed by atoms with Gasteiger partial charge in [0.1, 0.15) is 0 Å². The Labute approximate surface area is 121 Å². The van der Waals surface area contributed by atoms with Crippen LogP contribution in [0.3, 0.4) is 0 Å². The van der Waals surface area contributed by atoms with Crippen molar-refractivity contribution in [1.82, 2.24) is 4.90 Å². The molecule has 7 nitrogen and oxygen atoms in total. The fourth-order valence-electron chi connectivity index (χ4n) is 2.71. The van der Waals surface area contributed by atoms with Gasteiger partial charge < -0.3 is 9.64 Å². The lowest BCUT2D eigenvalue weighted by Crippen LogP contribution is -2.16. The molecule has 0 aromatic heterocycles. The molecule has 0 N–H and O–H groups in total. The molecule has 7 heteroatoms. The Morgan fingerprint density at radius 2 is 2.24 bits per heavy atom. The highest BCUT2D eigenvalue weighted by Gasteiger charge is 2.35. The zero-order valence-electron chi connectivity index (χ0n) is 11.8. The van der Waals surface area contributed by atoms with Gasteiger partial charge >= 0.3 is 5.97 Å². The molecule has 1 aromatic carbocycles. The van der Waals surface area contributed by atoms with Crippen LogP contribution in [-0.2, 0) is 4.74 Å². The van der Waals surface area contributed by atoms with Crippen molar-refractivity contribution in [2.45, 2.75) is 5.92 Å². The topological polar surface area (TPSA) is 96.5 Å². The summed E-state index contributed by atoms with van der Waals surface area (Å²) in [5.74, 6) is -1.03. The quantitative estimate of drug-likeness (QED) is 0.476. The fraction of sp³-hybridized carbons (Fsp3) is 0.429. The van der Waals surface area contributed by atoms with Crippen molar-refractivity contribution in [3.63, 3.8) is 0 Å². The second-order valence-electron chi connectivity index (χ2n) is 5.08. The maximum Gasteiger partial charge on any atom is 0.338 e. The monoisotopic (exact) mass is 289 g/mol. The van der Waals surface area contributed by atoms with Crippen molar-refractivity contribution in [2.75, 3.05) is 27.2 Å². The molecule has 1 aromatic rings. The van der Waals surface area contributed by atoms with Crippen LogP contribution in [-0.4, -0.2) is 43.0 Å². The molecule has 0 amide bonds. The minimum atomic E-state index is -0.625. The average Bonchev–Trinajstić information content (AvgIpc) is 2.86. The zero-order chi connectivity index (χ0) is 15.6. The Kier molecular flexibility index (Phi) is 4.19. The number of non-ortho nitro benzene ring substituents is 1. The van der Waals surface area contributed by atoms with E-state index in [1.54, 1.807) is 6.07 Å². The van der Waals surface area contributed by atoms with Gasteiger partial charge in [0.2, 0.25) is 0 Å². The van der Waals surface area contributed by atoms with Crippen molar-refractivity contribution in [2.24, 2.45) is 5.92 Å². The number of nitriles is 1. The van der Waals surface area contributed by atoms with Crippen LogP contribution in [0.25, 0.3) is 0 Å². The van der Waals surface area contributed by atoms with Crippen LogP contribution >= 0.6 is 0 Å². The summed E-state index contributed by atoms with van der Waals surface area (Å²) < 4.78 is 4.71. The zero-order valence-corrected chi connectivity index (χ0v) is 11.8. The lowest BCUT2D eigenvalue weighted by atomic mass is 9.86. The third kappa shape index (κ3) is 2.85. The van der Waals surface area contributed by atoms with E-state index in [1.807, 2.05) is 11.9 Å². The summed E-state index contributed by atoms with van der Waals surface area (Å²) in [5, 5.41) is 20.1. The first-order chi connectivity index (χ1) is 9.97. The number of nitro groups is 1. The van der Waals surface area contributed by atoms with Gasteiger partial charge in [-0.3, -0.25) is 10.1 Å². The third-order valence-electron chi connectivity index (χ3n) is 3.72. The highest BCUT2D eigenvalue weighted by molar-refractivity contribution is 5.92. The molecule has 0 spiro atoms. The molecule has 2 unspecified atom stereocenters. The molecule has 0 bridgehead atoms. The lowest BCUT2D eigenvalue weighted by Gasteiger charge is -2.16. The van der Waals surface area contributed by atoms with E-state index in [2.05, 4.69) is 6.07 Å². The fourth-order valence-corrected chi connectivity index (χ4v) is 2.71. The molecule has 110 valence electrons. The summed E-state index contributed by atoms with van der Waals surface area (Å²) in [6, 6.07) is 6.36. The SMILES string of the molecule is COC(=O)c1cc([N+](=O)[O-])ccc1C1CN(C)CC1C#N. The molecule has 1 saturated heterocycles. The molecule has 0 radical (unpaired) electrons. The maximum atomic E-state index is 11.9. The van der Waals surface area contributed by atoms with Gasteiger partial charge in [-0.2, -0.15) is 5.26 Å². The minimum absolute atomic E-state index is 0.157. The second kappa shape index (κ2) is 5.89. The van der Waals surface area contributed by atoms with Crippen LogP contribution in [0.1, 0.15) is 21.8 Å². The highest BCUT2D eigenvalue weighted by Crippen LogP contribution is 2.35. The number of likely N-dealkylation sites (N-methyl/N-ethyl adjacent to an activating group) is 1. The predicted molar refractivity (Wildman–Crippen MR) is 73.8 cm³/mol. The summed E-state index contributed by atoms with van der Waals surface area (Å²) in [6.45, 7) is 1.23. The second-order valence-corrected chi connectivity index (χ2v) is 5.08. The summed E-state index contributed by atoms with van der Waals surface area (Å²) in [7, 11) is 3.13. The minimum Gasteiger partial charge on any atom is -0.465 e. The summed E-state index contributed by atoms with van der Waals surface area (Å²) in [6.07, 6.45) is 0. The number of hydrogen-bond donors (Lipinski definition) is 0. The van der Waals surface area contributed by atoms with Gasteiger partial charge in [-0.1, -0.05) is 6.07 Å². The van der Waals surface area contributed by atoms with Crippen LogP contribution in [0.15, 0.2) is 18.2 Å². The van der Waals surface area contributed by atoms with Gasteiger partial charge in [0.25, 0.3) is 5.69 Å². The van der Waals surface area contributed by atoms with Gasteiger partial charge in [-0.25, -0.2) is 4.79 Å². The van der Waals surface area contributed by atoms with E-state index in [4.69, 9.17) is 4.74 Å². The smallest absolute Gasteiger partial charge is 0.338 e. The maximum absolute atomic E-state index is 11.9. The Bertz CT molecular complexity index is 623. The summed E-state index contributed by atoms with van der Waals surface area (Å²) >= 11 is 0. The first-order valence-corrected chi connectivity index (χ1v) is 6.42. The number of hydrogen-bond acceptors (Lipinski definition) is 6. The van der Waals surface area contributed by atoms with Crippen LogP contribution < -0.4 is 0 Å². The molecule has 2 atom stereocenters. The normalized spacial score (nSPS) is 21.8. The average molecular weight is 289 g/mol. The van der Waals surface area contributed by atoms with Crippen molar-refractivity contribution < 1.29 is 14.5 Å². The van der Waals surface area contributed by atoms with E-state index in [0.717, 1.165) is 0 Å². The molecular weight excluding hydrogens is 274 g/mol. The number of methoxy groups -OCH3 is 1. The highest BCUT2D eigenvalue weighted by atomic mass is 16.6. The molecule has 1 aliphatic rings. The predicted octanol–water partition coefficient (Wildman–Crippen LogP) is 1.55. The Morgan fingerprint density at radius 1 is 1.52 bits per heavy atom. The van der Waals surface area contributed by atoms with Crippen LogP contribution in [0.5, 0.6) is 0 Å². The standard InChI is InChI=1S/C14H15N3O4/c1-16-7-9(6-15)13(8-16)11-4-3-10(17(19)20)5-12(11)14(18)21-2/h3-5,9,13H,7-8H2,1-2H3. The number of rotatable bonds is 3. The molecular formula is C14H15N3O4. The summed E-state index contributed by atoms with van der Waals surface area (Å²) in [5.41, 5.74) is 0.620. The third-order valence-corrected chi connectivity index (χ3v) is 3.72. The Morgan fingerprint density at radius 3 is 2.81 bits per heavy atom. The van der Waals surface area contributed by atoms with Crippen molar-refractivity contribution >= 4 is 11.7 Å². The number of carbonyl (C=O) groups is 1. The van der Waals surface area contributed by atoms with E-state index >= 15 is 0 Å². The molecule has 1 heterocycles. The number of nitrogens with zero attached hydrogens (tertiary/aromatic N) is 3. The summed E-state index contributed by atoms with van der Waals surface area (Å²) in [4.78, 5) is 24.2. The van der Waals surface area contributed by atoms with E-state index in [-0.39, 0.29) is 23.1 Å². The molecule has 2 rings (SSSR count). The number of esters is 1. The Balaban J connectivity index is 2.50. The van der Waals surface area contributed by atoms with Gasteiger partial charge in [-0.15, -0.1) is 0 Å². The lowest BCUT2D eigenvalue weighted by molar-refractivity contribution is -0.384. The van der Waals surface area contributed by atoms with E-state index < -0.39 is 10.9 Å². The van der Waals surface area contributed by atoms with Crippen molar-refractivity contribution in [3.8, 4) is 6.07 Å². The van der Waals surface area contributed by atoms with Gasteiger partial charge in [0.05, 0.1) is 29.6 Å². The Hall–Kier alpha value is -2.46. The van der Waals surface area contributed by atoms with Crippen LogP contribution in [0.2, 0.25) is 0 Å². The molecule has 0 saturated carbocycles. The van der Waals surface area contributed by atoms with Crippen molar-refractivity contribution in [1.29, 1.82) is 5.26 Å². The van der Waals surface area contributed by atoms with Gasteiger partial charge in [0, 0.05) is 31.1 Å². The number of ether oxygens (including phenoxy) is 1. The van der Waals surface area contributed by atoms with Gasteiger partial charge in [0.15, 0.2) is 0 Å². The first-order valence-electron chi connectivity index (χ1n) is 6.42. The molecule has 21 heavy (non-hydrogen) atoms. The van der Waals surface area contributed by atoms with E-state index in [0.29, 0.717) is 18.7 Å². The van der Waals surface area contributed by atoms with E-state index in [9.17, 15) is 20.2 Å². The molecule has 1 fully saturated rings. The number of carbonyl (C=O) groups excluding carboxylic acids is 1. The van der Waals surface area contributed by atoms with E-state index in [1.165, 1.54) is 19.2 Å². The number of likely N-dealkylation sites (tertiary alicyclic amines) is 1. The first kappa shape index (κ1) is 14.9. The van der Waals surface area contributed by atoms with Crippen molar-refractivity contribution in [3.05, 3.63) is 39.4 Å². The number of nitro benzene ring substituents is 1. The van der Waals surface area contributed by atoms with Gasteiger partial charge in [-0.05, 0) is 12.6 Å². The van der Waals surface area contributed by atoms with Crippen LogP contribution in [0.4, 0.5) is 5.69 Å². The number of benzene rings is 1. The molecule has 1 aliphatic heterocycles. The molecule has 0 aliphatic carbocycles. The van der Waals surface area contributed by atoms with Crippen LogP contribution in [0, 0.1) is 27.4 Å².